The second-order valence-electron chi connectivity index (χ2n) is 4.83. The Bertz CT molecular complexity index is 641. The van der Waals surface area contributed by atoms with Crippen LogP contribution in [-0.2, 0) is 20.1 Å². The van der Waals surface area contributed by atoms with Crippen LogP contribution in [0.3, 0.4) is 0 Å². The Morgan fingerprint density at radius 1 is 1.26 bits per heavy atom. The molecular formula is C12H16N6O. The normalized spacial score (nSPS) is 14.6. The molecule has 1 aliphatic rings. The smallest absolute Gasteiger partial charge is 0.257 e. The van der Waals surface area contributed by atoms with Crippen LogP contribution < -0.4 is 0 Å². The van der Waals surface area contributed by atoms with Crippen LogP contribution in [0.15, 0.2) is 6.20 Å². The number of aromatic nitrogens is 5. The standard InChI is InChI=1S/C12H16N6O/c1-8-10(6-16(3)14-8)12(19)17-4-5-18-11(7-17)13-9(2)15-18/h6H,4-5,7H2,1-3H3. The molecular weight excluding hydrogens is 244 g/mol. The van der Waals surface area contributed by atoms with Gasteiger partial charge in [0, 0.05) is 19.8 Å². The van der Waals surface area contributed by atoms with Crippen molar-refractivity contribution in [1.82, 2.24) is 29.4 Å². The molecule has 0 saturated heterocycles. The lowest BCUT2D eigenvalue weighted by Crippen LogP contribution is -2.38. The quantitative estimate of drug-likeness (QED) is 0.738. The summed E-state index contributed by atoms with van der Waals surface area (Å²) in [6, 6.07) is 0. The first-order valence-corrected chi connectivity index (χ1v) is 6.24. The van der Waals surface area contributed by atoms with Crippen molar-refractivity contribution in [2.24, 2.45) is 7.05 Å². The second-order valence-corrected chi connectivity index (χ2v) is 4.83. The lowest BCUT2D eigenvalue weighted by molar-refractivity contribution is 0.0701. The van der Waals surface area contributed by atoms with Gasteiger partial charge in [-0.3, -0.25) is 9.48 Å². The number of nitrogens with zero attached hydrogens (tertiary/aromatic N) is 6. The molecule has 1 amide bonds. The van der Waals surface area contributed by atoms with Crippen molar-refractivity contribution in [1.29, 1.82) is 0 Å². The van der Waals surface area contributed by atoms with Gasteiger partial charge in [-0.15, -0.1) is 0 Å². The van der Waals surface area contributed by atoms with E-state index in [0.717, 1.165) is 17.3 Å². The summed E-state index contributed by atoms with van der Waals surface area (Å²) in [5, 5.41) is 8.50. The van der Waals surface area contributed by atoms with Gasteiger partial charge in [-0.05, 0) is 13.8 Å². The maximum absolute atomic E-state index is 12.5. The summed E-state index contributed by atoms with van der Waals surface area (Å²) in [6.07, 6.45) is 1.77. The molecule has 0 N–H and O–H groups in total. The number of amides is 1. The van der Waals surface area contributed by atoms with Crippen LogP contribution in [0.5, 0.6) is 0 Å². The van der Waals surface area contributed by atoms with E-state index in [0.29, 0.717) is 25.2 Å². The Kier molecular flexibility index (Phi) is 2.62. The van der Waals surface area contributed by atoms with Gasteiger partial charge in [0.2, 0.25) is 0 Å². The zero-order valence-electron chi connectivity index (χ0n) is 11.3. The average Bonchev–Trinajstić information content (AvgIpc) is 2.88. The zero-order valence-corrected chi connectivity index (χ0v) is 11.3. The number of hydrogen-bond acceptors (Lipinski definition) is 4. The van der Waals surface area contributed by atoms with Gasteiger partial charge in [0.1, 0.15) is 11.6 Å². The van der Waals surface area contributed by atoms with E-state index in [-0.39, 0.29) is 5.91 Å². The summed E-state index contributed by atoms with van der Waals surface area (Å²) in [4.78, 5) is 18.6. The number of carbonyl (C=O) groups excluding carboxylic acids is 1. The van der Waals surface area contributed by atoms with Crippen LogP contribution in [0.25, 0.3) is 0 Å². The predicted molar refractivity (Wildman–Crippen MR) is 67.4 cm³/mol. The monoisotopic (exact) mass is 260 g/mol. The summed E-state index contributed by atoms with van der Waals surface area (Å²) in [6.45, 7) is 5.57. The van der Waals surface area contributed by atoms with Crippen LogP contribution in [0.2, 0.25) is 0 Å². The Hall–Kier alpha value is -2.18. The van der Waals surface area contributed by atoms with Gasteiger partial charge in [0.05, 0.1) is 24.3 Å². The van der Waals surface area contributed by atoms with Crippen LogP contribution in [0.4, 0.5) is 0 Å². The third-order valence-corrected chi connectivity index (χ3v) is 3.30. The van der Waals surface area contributed by atoms with E-state index in [1.54, 1.807) is 15.8 Å². The highest BCUT2D eigenvalue weighted by Crippen LogP contribution is 2.15. The highest BCUT2D eigenvalue weighted by molar-refractivity contribution is 5.95. The minimum Gasteiger partial charge on any atom is -0.329 e. The van der Waals surface area contributed by atoms with E-state index in [2.05, 4.69) is 15.2 Å². The Labute approximate surface area is 110 Å². The number of carbonyl (C=O) groups is 1. The van der Waals surface area contributed by atoms with Crippen molar-refractivity contribution in [2.75, 3.05) is 6.54 Å². The summed E-state index contributed by atoms with van der Waals surface area (Å²) in [7, 11) is 1.82. The summed E-state index contributed by atoms with van der Waals surface area (Å²) >= 11 is 0. The molecule has 2 aromatic heterocycles. The van der Waals surface area contributed by atoms with Gasteiger partial charge in [0.15, 0.2) is 0 Å². The van der Waals surface area contributed by atoms with Crippen molar-refractivity contribution in [2.45, 2.75) is 26.9 Å². The fourth-order valence-corrected chi connectivity index (χ4v) is 2.41. The minimum atomic E-state index is 0.0116. The Morgan fingerprint density at radius 3 is 2.74 bits per heavy atom. The van der Waals surface area contributed by atoms with Gasteiger partial charge in [-0.2, -0.15) is 10.2 Å². The molecule has 100 valence electrons. The topological polar surface area (TPSA) is 68.8 Å². The second kappa shape index (κ2) is 4.18. The fourth-order valence-electron chi connectivity index (χ4n) is 2.41. The molecule has 0 atom stereocenters. The first kappa shape index (κ1) is 11.9. The largest absolute Gasteiger partial charge is 0.329 e. The third-order valence-electron chi connectivity index (χ3n) is 3.30. The van der Waals surface area contributed by atoms with E-state index in [9.17, 15) is 4.79 Å². The Balaban J connectivity index is 1.85. The molecule has 3 rings (SSSR count). The molecule has 0 aliphatic carbocycles. The molecule has 0 aromatic carbocycles. The fraction of sp³-hybridized carbons (Fsp3) is 0.500. The molecule has 0 radical (unpaired) electrons. The van der Waals surface area contributed by atoms with Crippen LogP contribution in [0, 0.1) is 13.8 Å². The molecule has 0 bridgehead atoms. The Morgan fingerprint density at radius 2 is 2.05 bits per heavy atom. The highest BCUT2D eigenvalue weighted by atomic mass is 16.2. The van der Waals surface area contributed by atoms with Crippen molar-refractivity contribution < 1.29 is 4.79 Å². The molecule has 3 heterocycles. The van der Waals surface area contributed by atoms with Crippen LogP contribution in [-0.4, -0.2) is 41.9 Å². The lowest BCUT2D eigenvalue weighted by atomic mass is 10.2. The predicted octanol–water partition coefficient (Wildman–Crippen LogP) is 0.284. The number of aryl methyl sites for hydroxylation is 3. The molecule has 7 nitrogen and oxygen atoms in total. The van der Waals surface area contributed by atoms with Crippen molar-refractivity contribution in [3.05, 3.63) is 29.1 Å². The molecule has 0 unspecified atom stereocenters. The average molecular weight is 260 g/mol. The first-order chi connectivity index (χ1) is 9.04. The van der Waals surface area contributed by atoms with E-state index in [4.69, 9.17) is 0 Å². The molecule has 1 aliphatic heterocycles. The summed E-state index contributed by atoms with van der Waals surface area (Å²) in [5.74, 6) is 1.61. The molecule has 0 saturated carbocycles. The molecule has 0 spiro atoms. The minimum absolute atomic E-state index is 0.0116. The lowest BCUT2D eigenvalue weighted by Gasteiger charge is -2.26. The SMILES string of the molecule is Cc1nc2n(n1)CCN(C(=O)c1cn(C)nc1C)C2. The zero-order chi connectivity index (χ0) is 13.6. The van der Waals surface area contributed by atoms with Gasteiger partial charge in [0.25, 0.3) is 5.91 Å². The van der Waals surface area contributed by atoms with Crippen molar-refractivity contribution in [3.8, 4) is 0 Å². The first-order valence-electron chi connectivity index (χ1n) is 6.24. The van der Waals surface area contributed by atoms with E-state index in [1.165, 1.54) is 0 Å². The van der Waals surface area contributed by atoms with Gasteiger partial charge in [-0.1, -0.05) is 0 Å². The summed E-state index contributed by atoms with van der Waals surface area (Å²) in [5.41, 5.74) is 1.42. The van der Waals surface area contributed by atoms with E-state index >= 15 is 0 Å². The summed E-state index contributed by atoms with van der Waals surface area (Å²) < 4.78 is 3.54. The number of fused-ring (bicyclic) bond motifs is 1. The molecule has 19 heavy (non-hydrogen) atoms. The van der Waals surface area contributed by atoms with E-state index in [1.807, 2.05) is 25.6 Å². The van der Waals surface area contributed by atoms with Crippen LogP contribution >= 0.6 is 0 Å². The third kappa shape index (κ3) is 2.00. The maximum Gasteiger partial charge on any atom is 0.257 e. The maximum atomic E-state index is 12.5. The number of rotatable bonds is 1. The van der Waals surface area contributed by atoms with Gasteiger partial charge in [-0.25, -0.2) is 9.67 Å². The molecule has 0 fully saturated rings. The van der Waals surface area contributed by atoms with Gasteiger partial charge < -0.3 is 4.90 Å². The van der Waals surface area contributed by atoms with Crippen molar-refractivity contribution >= 4 is 5.91 Å². The van der Waals surface area contributed by atoms with Crippen LogP contribution in [0.1, 0.15) is 27.7 Å². The van der Waals surface area contributed by atoms with Gasteiger partial charge >= 0.3 is 0 Å². The van der Waals surface area contributed by atoms with E-state index < -0.39 is 0 Å². The molecule has 7 heteroatoms. The van der Waals surface area contributed by atoms with Crippen molar-refractivity contribution in [3.63, 3.8) is 0 Å². The number of hydrogen-bond donors (Lipinski definition) is 0. The molecule has 2 aromatic rings. The highest BCUT2D eigenvalue weighted by Gasteiger charge is 2.25.